The number of carbonyl (C=O) groups excluding carboxylic acids is 2. The van der Waals surface area contributed by atoms with E-state index in [2.05, 4.69) is 10.3 Å². The number of nitrogens with two attached hydrogens (primary N) is 1. The van der Waals surface area contributed by atoms with Crippen molar-refractivity contribution in [3.63, 3.8) is 0 Å². The number of fused-ring (bicyclic) bond motifs is 3. The summed E-state index contributed by atoms with van der Waals surface area (Å²) in [5.74, 6) is 1.53. The third-order valence-electron chi connectivity index (χ3n) is 5.01. The van der Waals surface area contributed by atoms with E-state index < -0.39 is 31.0 Å². The molecule has 164 valence electrons. The second-order valence-corrected chi connectivity index (χ2v) is 6.95. The van der Waals surface area contributed by atoms with E-state index in [1.165, 1.54) is 0 Å². The maximum Gasteiger partial charge on any atom is 0.284 e. The summed E-state index contributed by atoms with van der Waals surface area (Å²) in [6.45, 7) is -0.167. The van der Waals surface area contributed by atoms with Crippen LogP contribution in [0.2, 0.25) is 0 Å². The van der Waals surface area contributed by atoms with Gasteiger partial charge in [0.15, 0.2) is 11.8 Å². The number of aliphatic hydroxyl groups is 1. The van der Waals surface area contributed by atoms with Gasteiger partial charge in [-0.1, -0.05) is 0 Å². The standard InChI is InChI=1S/C19H19F2N5O5/c20-17(21)13-9-31-16(8-28)26(13)15-6-25-3-4-30-14-5-10(23-12(7-27)18(22)29)1-2-11(14)19(25)24-15/h1-2,5-6,12-13,17,23,27H,3-4,7,9H2,(H2,22,29)/t12-,13-/m0/s1. The van der Waals surface area contributed by atoms with Crippen LogP contribution in [0.25, 0.3) is 11.4 Å². The van der Waals surface area contributed by atoms with Gasteiger partial charge in [0.05, 0.1) is 18.7 Å². The van der Waals surface area contributed by atoms with Crippen molar-refractivity contribution in [3.8, 4) is 17.1 Å². The van der Waals surface area contributed by atoms with E-state index in [9.17, 15) is 23.5 Å². The van der Waals surface area contributed by atoms with Crippen LogP contribution < -0.4 is 20.7 Å². The first kappa shape index (κ1) is 20.6. The van der Waals surface area contributed by atoms with E-state index in [0.717, 1.165) is 4.90 Å². The molecule has 10 nitrogen and oxygen atoms in total. The molecule has 0 bridgehead atoms. The number of aliphatic hydroxyl groups excluding tert-OH is 1. The number of imidazole rings is 1. The molecule has 0 unspecified atom stereocenters. The molecule has 2 aliphatic heterocycles. The zero-order chi connectivity index (χ0) is 22.1. The summed E-state index contributed by atoms with van der Waals surface area (Å²) < 4.78 is 39.4. The average molecular weight is 435 g/mol. The van der Waals surface area contributed by atoms with Gasteiger partial charge in [0.25, 0.3) is 12.3 Å². The van der Waals surface area contributed by atoms with Crippen molar-refractivity contribution < 1.29 is 33.0 Å². The smallest absolute Gasteiger partial charge is 0.284 e. The summed E-state index contributed by atoms with van der Waals surface area (Å²) in [7, 11) is 0. The molecule has 1 amide bonds. The number of nitrogens with zero attached hydrogens (tertiary/aromatic N) is 3. The van der Waals surface area contributed by atoms with Gasteiger partial charge in [-0.05, 0) is 12.1 Å². The Morgan fingerprint density at radius 3 is 2.90 bits per heavy atom. The highest BCUT2D eigenvalue weighted by atomic mass is 19.3. The molecule has 0 aliphatic carbocycles. The zero-order valence-corrected chi connectivity index (χ0v) is 16.1. The van der Waals surface area contributed by atoms with Crippen molar-refractivity contribution in [2.45, 2.75) is 25.1 Å². The molecular formula is C19H19F2N5O5. The number of halogens is 2. The van der Waals surface area contributed by atoms with Crippen molar-refractivity contribution in [3.05, 3.63) is 30.3 Å². The molecule has 0 saturated carbocycles. The molecule has 1 saturated heterocycles. The Bertz CT molecular complexity index is 1050. The van der Waals surface area contributed by atoms with Crippen LogP contribution in [0.5, 0.6) is 5.75 Å². The molecular weight excluding hydrogens is 416 g/mol. The van der Waals surface area contributed by atoms with Crippen molar-refractivity contribution in [1.82, 2.24) is 9.55 Å². The minimum absolute atomic E-state index is 0.139. The number of carbonyl (C=O) groups is 1. The number of amides is 1. The minimum atomic E-state index is -2.75. The Morgan fingerprint density at radius 2 is 2.23 bits per heavy atom. The van der Waals surface area contributed by atoms with Gasteiger partial charge in [-0.25, -0.2) is 18.6 Å². The predicted octanol–water partition coefficient (Wildman–Crippen LogP) is 0.344. The van der Waals surface area contributed by atoms with E-state index in [4.69, 9.17) is 15.2 Å². The second-order valence-electron chi connectivity index (χ2n) is 6.95. The first-order valence-corrected chi connectivity index (χ1v) is 9.39. The van der Waals surface area contributed by atoms with Crippen LogP contribution in [0.4, 0.5) is 20.3 Å². The normalized spacial score (nSPS) is 18.4. The van der Waals surface area contributed by atoms with Crippen LogP contribution >= 0.6 is 0 Å². The highest BCUT2D eigenvalue weighted by molar-refractivity contribution is 5.83. The fraction of sp³-hybridized carbons (Fsp3) is 0.368. The number of hydrogen-bond donors (Lipinski definition) is 3. The first-order chi connectivity index (χ1) is 14.9. The number of nitrogens with one attached hydrogen (secondary N) is 1. The van der Waals surface area contributed by atoms with E-state index >= 15 is 0 Å². The number of ether oxygens (including phenoxy) is 2. The SMILES string of the molecule is NC(=O)[C@H](CO)Nc1ccc2c(c1)OCCn1cc(N3C(=C=O)OC[C@H]3C(F)F)nc1-2. The summed E-state index contributed by atoms with van der Waals surface area (Å²) in [5, 5.41) is 12.1. The lowest BCUT2D eigenvalue weighted by Gasteiger charge is -2.19. The lowest BCUT2D eigenvalue weighted by Crippen LogP contribution is -2.38. The Labute approximate surface area is 174 Å². The van der Waals surface area contributed by atoms with E-state index in [1.807, 2.05) is 0 Å². The number of benzene rings is 1. The molecule has 2 aliphatic rings. The fourth-order valence-electron chi connectivity index (χ4n) is 3.48. The quantitative estimate of drug-likeness (QED) is 0.554. The van der Waals surface area contributed by atoms with E-state index in [1.54, 1.807) is 34.9 Å². The Kier molecular flexibility index (Phi) is 5.49. The Hall–Kier alpha value is -3.63. The highest BCUT2D eigenvalue weighted by Crippen LogP contribution is 2.37. The van der Waals surface area contributed by atoms with Gasteiger partial charge in [0.1, 0.15) is 36.9 Å². The van der Waals surface area contributed by atoms with Gasteiger partial charge in [0, 0.05) is 18.0 Å². The number of hydrogen-bond acceptors (Lipinski definition) is 8. The van der Waals surface area contributed by atoms with Crippen molar-refractivity contribution in [2.75, 3.05) is 30.0 Å². The number of aromatic nitrogens is 2. The topological polar surface area (TPSA) is 132 Å². The molecule has 31 heavy (non-hydrogen) atoms. The predicted molar refractivity (Wildman–Crippen MR) is 104 cm³/mol. The fourth-order valence-corrected chi connectivity index (χ4v) is 3.48. The Morgan fingerprint density at radius 1 is 1.42 bits per heavy atom. The van der Waals surface area contributed by atoms with Crippen LogP contribution in [0, 0.1) is 0 Å². The van der Waals surface area contributed by atoms with Crippen LogP contribution in [0.3, 0.4) is 0 Å². The molecule has 1 fully saturated rings. The summed E-state index contributed by atoms with van der Waals surface area (Å²) >= 11 is 0. The molecule has 2 aromatic rings. The van der Waals surface area contributed by atoms with Gasteiger partial charge < -0.3 is 30.2 Å². The van der Waals surface area contributed by atoms with Crippen molar-refractivity contribution >= 4 is 23.4 Å². The summed E-state index contributed by atoms with van der Waals surface area (Å²) in [5.41, 5.74) is 6.31. The number of primary amides is 1. The van der Waals surface area contributed by atoms with Gasteiger partial charge in [-0.3, -0.25) is 9.69 Å². The van der Waals surface area contributed by atoms with Crippen LogP contribution in [-0.4, -0.2) is 64.8 Å². The lowest BCUT2D eigenvalue weighted by atomic mass is 10.1. The van der Waals surface area contributed by atoms with E-state index in [0.29, 0.717) is 29.4 Å². The summed E-state index contributed by atoms with van der Waals surface area (Å²) in [6.07, 6.45) is -1.20. The van der Waals surface area contributed by atoms with Crippen LogP contribution in [0.1, 0.15) is 0 Å². The lowest BCUT2D eigenvalue weighted by molar-refractivity contribution is -0.119. The molecule has 4 N–H and O–H groups in total. The monoisotopic (exact) mass is 435 g/mol. The molecule has 2 atom stereocenters. The largest absolute Gasteiger partial charge is 0.491 e. The maximum absolute atomic E-state index is 13.4. The van der Waals surface area contributed by atoms with Gasteiger partial charge >= 0.3 is 0 Å². The third-order valence-corrected chi connectivity index (χ3v) is 5.01. The molecule has 12 heteroatoms. The molecule has 3 heterocycles. The van der Waals surface area contributed by atoms with Gasteiger partial charge in [0.2, 0.25) is 5.91 Å². The number of rotatable bonds is 6. The van der Waals surface area contributed by atoms with E-state index in [-0.39, 0.29) is 24.9 Å². The van der Waals surface area contributed by atoms with Crippen LogP contribution in [-0.2, 0) is 20.9 Å². The van der Waals surface area contributed by atoms with Gasteiger partial charge in [-0.2, -0.15) is 0 Å². The third kappa shape index (κ3) is 3.78. The molecule has 0 spiro atoms. The molecule has 1 aromatic heterocycles. The molecule has 4 rings (SSSR count). The minimum Gasteiger partial charge on any atom is -0.491 e. The average Bonchev–Trinajstić information content (AvgIpc) is 3.32. The molecule has 0 radical (unpaired) electrons. The number of alkyl halides is 2. The summed E-state index contributed by atoms with van der Waals surface area (Å²) in [6, 6.07) is 2.65. The first-order valence-electron chi connectivity index (χ1n) is 9.39. The summed E-state index contributed by atoms with van der Waals surface area (Å²) in [4.78, 5) is 28.0. The van der Waals surface area contributed by atoms with Crippen molar-refractivity contribution in [1.29, 1.82) is 0 Å². The van der Waals surface area contributed by atoms with Gasteiger partial charge in [-0.15, -0.1) is 0 Å². The Balaban J connectivity index is 1.70. The molecule has 1 aromatic carbocycles. The second kappa shape index (κ2) is 8.25. The zero-order valence-electron chi connectivity index (χ0n) is 16.1. The maximum atomic E-state index is 13.4. The van der Waals surface area contributed by atoms with Crippen LogP contribution in [0.15, 0.2) is 30.3 Å². The van der Waals surface area contributed by atoms with Crippen molar-refractivity contribution in [2.24, 2.45) is 5.73 Å². The number of anilines is 2. The highest BCUT2D eigenvalue weighted by Gasteiger charge is 2.40.